The maximum atomic E-state index is 12.3. The molecule has 0 aliphatic rings. The number of hydrogen-bond acceptors (Lipinski definition) is 8. The molecule has 0 saturated heterocycles. The molecule has 1 atom stereocenters. The molecule has 36 heavy (non-hydrogen) atoms. The van der Waals surface area contributed by atoms with Gasteiger partial charge in [-0.1, -0.05) is 19.1 Å². The van der Waals surface area contributed by atoms with E-state index in [2.05, 4.69) is 15.6 Å². The summed E-state index contributed by atoms with van der Waals surface area (Å²) in [6.45, 7) is 6.33. The van der Waals surface area contributed by atoms with Crippen molar-refractivity contribution < 1.29 is 29.3 Å². The van der Waals surface area contributed by atoms with E-state index in [0.717, 1.165) is 16.8 Å². The van der Waals surface area contributed by atoms with Gasteiger partial charge < -0.3 is 30.7 Å². The maximum Gasteiger partial charge on any atom is 0.323 e. The Morgan fingerprint density at radius 1 is 1.11 bits per heavy atom. The standard InChI is InChI=1S/C26H32N4O6/c1-4-16-15(12-28-21(14-31)26(33)34)8-7-9-19(16)30-24-17-10-22(35-5-2)23(36-6-3)11-20(17)29-13-18(24)25(27)32/h7-11,13,21,28,31H,4-6,12,14H2,1-3H3,(H2,27,32)(H,29,30)(H,33,34)/t21-/m0/s1. The lowest BCUT2D eigenvalue weighted by Gasteiger charge is -2.20. The van der Waals surface area contributed by atoms with E-state index in [0.29, 0.717) is 47.7 Å². The van der Waals surface area contributed by atoms with Crippen molar-refractivity contribution >= 4 is 34.2 Å². The molecule has 0 saturated carbocycles. The number of pyridine rings is 1. The van der Waals surface area contributed by atoms with Gasteiger partial charge in [0.15, 0.2) is 11.5 Å². The van der Waals surface area contributed by atoms with Crippen molar-refractivity contribution in [2.24, 2.45) is 5.73 Å². The number of nitrogens with one attached hydrogen (secondary N) is 2. The number of aliphatic carboxylic acids is 1. The van der Waals surface area contributed by atoms with Crippen LogP contribution in [0.4, 0.5) is 11.4 Å². The third kappa shape index (κ3) is 5.84. The summed E-state index contributed by atoms with van der Waals surface area (Å²) in [5.74, 6) is -0.690. The first-order valence-electron chi connectivity index (χ1n) is 11.8. The van der Waals surface area contributed by atoms with E-state index in [-0.39, 0.29) is 12.1 Å². The van der Waals surface area contributed by atoms with Crippen LogP contribution < -0.4 is 25.8 Å². The number of benzene rings is 2. The molecular formula is C26H32N4O6. The van der Waals surface area contributed by atoms with Crippen LogP contribution in [0.15, 0.2) is 36.5 Å². The molecule has 1 amide bonds. The Morgan fingerprint density at radius 2 is 1.81 bits per heavy atom. The number of primary amides is 1. The average molecular weight is 497 g/mol. The smallest absolute Gasteiger partial charge is 0.323 e. The number of amides is 1. The van der Waals surface area contributed by atoms with Crippen LogP contribution in [0.2, 0.25) is 0 Å². The second kappa shape index (κ2) is 12.2. The Kier molecular flexibility index (Phi) is 9.04. The van der Waals surface area contributed by atoms with E-state index < -0.39 is 24.5 Å². The molecule has 10 heteroatoms. The SMILES string of the molecule is CCOc1cc2ncc(C(N)=O)c(Nc3cccc(CN[C@@H](CO)C(=O)O)c3CC)c2cc1OCC. The lowest BCUT2D eigenvalue weighted by atomic mass is 10.0. The fourth-order valence-electron chi connectivity index (χ4n) is 3.99. The molecule has 3 aromatic rings. The topological polar surface area (TPSA) is 156 Å². The highest BCUT2D eigenvalue weighted by molar-refractivity contribution is 6.08. The normalized spacial score (nSPS) is 11.8. The molecular weight excluding hydrogens is 464 g/mol. The number of fused-ring (bicyclic) bond motifs is 1. The van der Waals surface area contributed by atoms with Gasteiger partial charge in [0.1, 0.15) is 6.04 Å². The van der Waals surface area contributed by atoms with Gasteiger partial charge >= 0.3 is 5.97 Å². The lowest BCUT2D eigenvalue weighted by molar-refractivity contribution is -0.140. The zero-order chi connectivity index (χ0) is 26.2. The fourth-order valence-corrected chi connectivity index (χ4v) is 3.99. The summed E-state index contributed by atoms with van der Waals surface area (Å²) in [7, 11) is 0. The summed E-state index contributed by atoms with van der Waals surface area (Å²) in [5.41, 5.74) is 9.49. The molecule has 0 bridgehead atoms. The van der Waals surface area contributed by atoms with Crippen LogP contribution in [0.5, 0.6) is 11.5 Å². The Morgan fingerprint density at radius 3 is 2.39 bits per heavy atom. The molecule has 0 fully saturated rings. The lowest BCUT2D eigenvalue weighted by Crippen LogP contribution is -2.39. The first-order chi connectivity index (χ1) is 17.3. The second-order valence-electron chi connectivity index (χ2n) is 7.97. The number of nitrogens with zero attached hydrogens (tertiary/aromatic N) is 1. The Balaban J connectivity index is 2.11. The average Bonchev–Trinajstić information content (AvgIpc) is 2.85. The van der Waals surface area contributed by atoms with Crippen molar-refractivity contribution in [3.8, 4) is 11.5 Å². The molecule has 3 rings (SSSR count). The highest BCUT2D eigenvalue weighted by Crippen LogP contribution is 2.38. The highest BCUT2D eigenvalue weighted by atomic mass is 16.5. The van der Waals surface area contributed by atoms with Crippen molar-refractivity contribution in [1.29, 1.82) is 0 Å². The number of aliphatic hydroxyl groups excluding tert-OH is 1. The van der Waals surface area contributed by atoms with Gasteiger partial charge in [-0.05, 0) is 43.5 Å². The van der Waals surface area contributed by atoms with Gasteiger partial charge in [-0.3, -0.25) is 19.9 Å². The summed E-state index contributed by atoms with van der Waals surface area (Å²) in [6, 6.07) is 8.06. The minimum atomic E-state index is -1.13. The quantitative estimate of drug-likeness (QED) is 0.240. The monoisotopic (exact) mass is 496 g/mol. The summed E-state index contributed by atoms with van der Waals surface area (Å²) in [6.07, 6.45) is 2.06. The van der Waals surface area contributed by atoms with Crippen LogP contribution in [-0.2, 0) is 17.8 Å². The fraction of sp³-hybridized carbons (Fsp3) is 0.346. The number of rotatable bonds is 13. The molecule has 2 aromatic carbocycles. The van der Waals surface area contributed by atoms with E-state index in [1.165, 1.54) is 6.20 Å². The van der Waals surface area contributed by atoms with Gasteiger partial charge in [0, 0.05) is 29.9 Å². The Bertz CT molecular complexity index is 1250. The molecule has 0 aliphatic carbocycles. The van der Waals surface area contributed by atoms with Gasteiger partial charge in [0.05, 0.1) is 36.6 Å². The number of hydrogen-bond donors (Lipinski definition) is 5. The first kappa shape index (κ1) is 26.7. The summed E-state index contributed by atoms with van der Waals surface area (Å²) in [4.78, 5) is 28.0. The number of carboxylic acids is 1. The third-order valence-electron chi connectivity index (χ3n) is 5.70. The number of carbonyl (C=O) groups excluding carboxylic acids is 1. The largest absolute Gasteiger partial charge is 0.490 e. The summed E-state index contributed by atoms with van der Waals surface area (Å²) < 4.78 is 11.5. The molecule has 1 aromatic heterocycles. The van der Waals surface area contributed by atoms with E-state index in [9.17, 15) is 19.8 Å². The second-order valence-corrected chi connectivity index (χ2v) is 7.97. The minimum absolute atomic E-state index is 0.214. The molecule has 0 unspecified atom stereocenters. The van der Waals surface area contributed by atoms with Gasteiger partial charge in [0.2, 0.25) is 0 Å². The zero-order valence-electron chi connectivity index (χ0n) is 20.6. The Labute approximate surface area is 209 Å². The van der Waals surface area contributed by atoms with Gasteiger partial charge in [-0.15, -0.1) is 0 Å². The number of anilines is 2. The molecule has 10 nitrogen and oxygen atoms in total. The van der Waals surface area contributed by atoms with Gasteiger partial charge in [-0.25, -0.2) is 0 Å². The molecule has 6 N–H and O–H groups in total. The number of aliphatic hydroxyl groups is 1. The number of aromatic nitrogens is 1. The van der Waals surface area contributed by atoms with Gasteiger partial charge in [0.25, 0.3) is 5.91 Å². The van der Waals surface area contributed by atoms with Crippen molar-refractivity contribution in [3.05, 3.63) is 53.2 Å². The van der Waals surface area contributed by atoms with Crippen molar-refractivity contribution in [1.82, 2.24) is 10.3 Å². The van der Waals surface area contributed by atoms with E-state index in [1.54, 1.807) is 12.1 Å². The number of nitrogens with two attached hydrogens (primary N) is 1. The molecule has 1 heterocycles. The number of ether oxygens (including phenoxy) is 2. The highest BCUT2D eigenvalue weighted by Gasteiger charge is 2.20. The third-order valence-corrected chi connectivity index (χ3v) is 5.70. The van der Waals surface area contributed by atoms with Crippen molar-refractivity contribution in [3.63, 3.8) is 0 Å². The zero-order valence-corrected chi connectivity index (χ0v) is 20.6. The molecule has 0 radical (unpaired) electrons. The van der Waals surface area contributed by atoms with Crippen LogP contribution in [0, 0.1) is 0 Å². The molecule has 0 spiro atoms. The summed E-state index contributed by atoms with van der Waals surface area (Å²) in [5, 5.41) is 25.4. The number of carboxylic acid groups (broad SMARTS) is 1. The summed E-state index contributed by atoms with van der Waals surface area (Å²) >= 11 is 0. The van der Waals surface area contributed by atoms with Crippen LogP contribution in [-0.4, -0.2) is 52.9 Å². The minimum Gasteiger partial charge on any atom is -0.490 e. The van der Waals surface area contributed by atoms with Crippen molar-refractivity contribution in [2.75, 3.05) is 25.1 Å². The molecule has 0 aliphatic heterocycles. The van der Waals surface area contributed by atoms with E-state index >= 15 is 0 Å². The van der Waals surface area contributed by atoms with Crippen LogP contribution in [0.1, 0.15) is 42.3 Å². The predicted molar refractivity (Wildman–Crippen MR) is 137 cm³/mol. The van der Waals surface area contributed by atoms with Gasteiger partial charge in [-0.2, -0.15) is 0 Å². The Hall–Kier alpha value is -3.89. The van der Waals surface area contributed by atoms with Crippen LogP contribution in [0.3, 0.4) is 0 Å². The first-order valence-corrected chi connectivity index (χ1v) is 11.8. The van der Waals surface area contributed by atoms with E-state index in [1.807, 2.05) is 39.0 Å². The maximum absolute atomic E-state index is 12.3. The van der Waals surface area contributed by atoms with E-state index in [4.69, 9.17) is 15.2 Å². The molecule has 192 valence electrons. The predicted octanol–water partition coefficient (Wildman–Crippen LogP) is 2.97. The van der Waals surface area contributed by atoms with Crippen LogP contribution in [0.25, 0.3) is 10.9 Å². The van der Waals surface area contributed by atoms with Crippen molar-refractivity contribution in [2.45, 2.75) is 39.8 Å². The number of carbonyl (C=O) groups is 2. The van der Waals surface area contributed by atoms with Crippen LogP contribution >= 0.6 is 0 Å².